The molecule has 1 aromatic heterocycles. The Bertz CT molecular complexity index is 1090. The zero-order valence-corrected chi connectivity index (χ0v) is 19.2. The average Bonchev–Trinajstić information content (AvgIpc) is 2.73. The van der Waals surface area contributed by atoms with Gasteiger partial charge in [0.25, 0.3) is 5.92 Å². The van der Waals surface area contributed by atoms with Crippen molar-refractivity contribution in [2.45, 2.75) is 44.5 Å². The van der Waals surface area contributed by atoms with E-state index in [0.29, 0.717) is 0 Å². The quantitative estimate of drug-likeness (QED) is 0.315. The Kier molecular flexibility index (Phi) is 8.57. The summed E-state index contributed by atoms with van der Waals surface area (Å²) in [6.45, 7) is 6.10. The molecule has 1 aromatic rings. The van der Waals surface area contributed by atoms with Crippen LogP contribution < -0.4 is 16.4 Å². The van der Waals surface area contributed by atoms with Gasteiger partial charge in [-0.3, -0.25) is 0 Å². The first-order valence-electron chi connectivity index (χ1n) is 10.3. The predicted molar refractivity (Wildman–Crippen MR) is 123 cm³/mol. The van der Waals surface area contributed by atoms with Crippen LogP contribution >= 0.6 is 0 Å². The number of nitrogens with zero attached hydrogens (tertiary/aromatic N) is 5. The number of pyridine rings is 1. The van der Waals surface area contributed by atoms with E-state index < -0.39 is 29.9 Å². The van der Waals surface area contributed by atoms with Crippen LogP contribution in [0.4, 0.5) is 22.0 Å². The summed E-state index contributed by atoms with van der Waals surface area (Å²) in [5, 5.41) is 14.2. The normalized spacial score (nSPS) is 18.0. The van der Waals surface area contributed by atoms with Crippen molar-refractivity contribution in [2.24, 2.45) is 15.7 Å². The average molecular weight is 496 g/mol. The maximum absolute atomic E-state index is 14.0. The van der Waals surface area contributed by atoms with Crippen molar-refractivity contribution < 1.29 is 22.0 Å². The maximum Gasteiger partial charge on any atom is 0.433 e. The number of nitrogens with one attached hydrogen (secondary N) is 2. The van der Waals surface area contributed by atoms with Gasteiger partial charge in [-0.05, 0) is 31.2 Å². The van der Waals surface area contributed by atoms with Crippen LogP contribution in [0.2, 0.25) is 0 Å². The van der Waals surface area contributed by atoms with E-state index >= 15 is 0 Å². The van der Waals surface area contributed by atoms with Gasteiger partial charge < -0.3 is 21.3 Å². The third-order valence-electron chi connectivity index (χ3n) is 4.63. The number of likely N-dealkylation sites (N-methyl/N-ethyl adjacent to an activating group) is 1. The molecule has 0 aliphatic carbocycles. The summed E-state index contributed by atoms with van der Waals surface area (Å²) in [6.07, 6.45) is -0.410. The topological polar surface area (TPSA) is 115 Å². The van der Waals surface area contributed by atoms with E-state index in [1.54, 1.807) is 6.92 Å². The van der Waals surface area contributed by atoms with Gasteiger partial charge in [-0.15, -0.1) is 0 Å². The molecule has 2 rings (SSSR count). The molecule has 2 unspecified atom stereocenters. The number of aliphatic imine (C=N–C) groups is 2. The van der Waals surface area contributed by atoms with E-state index in [4.69, 9.17) is 11.0 Å². The minimum Gasteiger partial charge on any atom is -0.368 e. The van der Waals surface area contributed by atoms with Crippen molar-refractivity contribution in [3.8, 4) is 6.07 Å². The van der Waals surface area contributed by atoms with E-state index in [-0.39, 0.29) is 35.4 Å². The Morgan fingerprint density at radius 1 is 1.34 bits per heavy atom. The number of nitrogens with two attached hydrogens (primary N) is 1. The largest absolute Gasteiger partial charge is 0.433 e. The molecule has 0 radical (unpaired) electrons. The van der Waals surface area contributed by atoms with Crippen molar-refractivity contribution in [3.63, 3.8) is 0 Å². The smallest absolute Gasteiger partial charge is 0.368 e. The number of rotatable bonds is 6. The molecule has 13 heteroatoms. The Labute approximate surface area is 199 Å². The number of allylic oxidation sites excluding steroid dienone is 1. The van der Waals surface area contributed by atoms with E-state index in [1.165, 1.54) is 36.4 Å². The minimum atomic E-state index is -4.66. The highest BCUT2D eigenvalue weighted by molar-refractivity contribution is 5.98. The molecule has 0 spiro atoms. The SMILES string of the molecule is C=C(NC(=NC(N)=NC(C)CC#N)NC1=CC(C(C)(F)F)N(C)C=C1)c1cccc(C(F)(F)F)n1. The zero-order chi connectivity index (χ0) is 26.4. The molecule has 1 aliphatic rings. The highest BCUT2D eigenvalue weighted by atomic mass is 19.4. The number of hydrogen-bond acceptors (Lipinski definition) is 4. The molecule has 1 aliphatic heterocycles. The van der Waals surface area contributed by atoms with Gasteiger partial charge in [0.05, 0.1) is 29.9 Å². The van der Waals surface area contributed by atoms with Crippen LogP contribution in [-0.4, -0.2) is 46.9 Å². The Hall–Kier alpha value is -3.95. The molecule has 0 fully saturated rings. The van der Waals surface area contributed by atoms with Crippen LogP contribution in [0.3, 0.4) is 0 Å². The fraction of sp³-hybridized carbons (Fsp3) is 0.364. The van der Waals surface area contributed by atoms with E-state index in [0.717, 1.165) is 19.1 Å². The molecule has 2 atom stereocenters. The van der Waals surface area contributed by atoms with Gasteiger partial charge in [0.2, 0.25) is 11.9 Å². The van der Waals surface area contributed by atoms with Crippen LogP contribution in [0, 0.1) is 11.3 Å². The Morgan fingerprint density at radius 2 is 2.03 bits per heavy atom. The third-order valence-corrected chi connectivity index (χ3v) is 4.63. The number of aromatic nitrogens is 1. The first-order chi connectivity index (χ1) is 16.2. The fourth-order valence-electron chi connectivity index (χ4n) is 2.96. The second-order valence-electron chi connectivity index (χ2n) is 7.80. The summed E-state index contributed by atoms with van der Waals surface area (Å²) < 4.78 is 67.1. The van der Waals surface area contributed by atoms with Crippen molar-refractivity contribution in [1.29, 1.82) is 5.26 Å². The summed E-state index contributed by atoms with van der Waals surface area (Å²) in [7, 11) is 1.49. The Balaban J connectivity index is 2.38. The standard InChI is InChI=1S/C22H25F5N8/c1-13(8-10-28)30-19(29)34-20(32-15-9-11-35(4)18(12-15)21(3,23)24)31-14(2)16-6-5-7-17(33-16)22(25,26)27/h5-7,9,11-13,18H,2,8H2,1,3-4H3,(H4,29,30,31,32,34). The molecular formula is C22H25F5N8. The lowest BCUT2D eigenvalue weighted by Gasteiger charge is -2.32. The molecule has 0 saturated heterocycles. The fourth-order valence-corrected chi connectivity index (χ4v) is 2.96. The van der Waals surface area contributed by atoms with Gasteiger partial charge >= 0.3 is 6.18 Å². The van der Waals surface area contributed by atoms with Crippen LogP contribution in [0.5, 0.6) is 0 Å². The zero-order valence-electron chi connectivity index (χ0n) is 19.2. The molecule has 0 bridgehead atoms. The summed E-state index contributed by atoms with van der Waals surface area (Å²) >= 11 is 0. The molecule has 0 amide bonds. The molecule has 0 saturated carbocycles. The Morgan fingerprint density at radius 3 is 2.63 bits per heavy atom. The molecule has 4 N–H and O–H groups in total. The van der Waals surface area contributed by atoms with E-state index in [2.05, 4.69) is 32.2 Å². The second-order valence-corrected chi connectivity index (χ2v) is 7.80. The second kappa shape index (κ2) is 11.0. The molecule has 8 nitrogen and oxygen atoms in total. The molecule has 0 aromatic carbocycles. The van der Waals surface area contributed by atoms with Crippen molar-refractivity contribution in [1.82, 2.24) is 20.5 Å². The maximum atomic E-state index is 14.0. The number of alkyl halides is 5. The number of halogens is 5. The van der Waals surface area contributed by atoms with Crippen molar-refractivity contribution >= 4 is 17.6 Å². The lowest BCUT2D eigenvalue weighted by atomic mass is 10.1. The van der Waals surface area contributed by atoms with E-state index in [1.807, 2.05) is 6.07 Å². The molecule has 35 heavy (non-hydrogen) atoms. The monoisotopic (exact) mass is 496 g/mol. The van der Waals surface area contributed by atoms with Gasteiger partial charge in [-0.2, -0.15) is 23.4 Å². The predicted octanol–water partition coefficient (Wildman–Crippen LogP) is 3.59. The van der Waals surface area contributed by atoms with Gasteiger partial charge in [0, 0.05) is 25.9 Å². The van der Waals surface area contributed by atoms with Gasteiger partial charge in [-0.25, -0.2) is 18.8 Å². The lowest BCUT2D eigenvalue weighted by molar-refractivity contribution is -0.141. The highest BCUT2D eigenvalue weighted by Crippen LogP contribution is 2.28. The van der Waals surface area contributed by atoms with Gasteiger partial charge in [0.15, 0.2) is 0 Å². The van der Waals surface area contributed by atoms with E-state index in [9.17, 15) is 22.0 Å². The molecule has 2 heterocycles. The first-order valence-corrected chi connectivity index (χ1v) is 10.3. The molecule has 188 valence electrons. The van der Waals surface area contributed by atoms with Crippen LogP contribution in [0.1, 0.15) is 31.7 Å². The minimum absolute atomic E-state index is 0.0702. The summed E-state index contributed by atoms with van der Waals surface area (Å²) in [6, 6.07) is 3.46. The molecular weight excluding hydrogens is 471 g/mol. The van der Waals surface area contributed by atoms with Gasteiger partial charge in [-0.1, -0.05) is 12.6 Å². The number of guanidine groups is 2. The summed E-state index contributed by atoms with van der Waals surface area (Å²) in [5.74, 6) is -3.49. The third kappa shape index (κ3) is 8.09. The summed E-state index contributed by atoms with van der Waals surface area (Å²) in [5.41, 5.74) is 4.72. The van der Waals surface area contributed by atoms with Crippen molar-refractivity contribution in [2.75, 3.05) is 7.05 Å². The highest BCUT2D eigenvalue weighted by Gasteiger charge is 2.36. The number of nitriles is 1. The number of hydrogen-bond donors (Lipinski definition) is 3. The van der Waals surface area contributed by atoms with Crippen LogP contribution in [0.15, 0.2) is 58.8 Å². The van der Waals surface area contributed by atoms with Crippen LogP contribution in [0.25, 0.3) is 5.70 Å². The lowest BCUT2D eigenvalue weighted by Crippen LogP contribution is -2.44. The first kappa shape index (κ1) is 27.3. The van der Waals surface area contributed by atoms with Crippen molar-refractivity contribution in [3.05, 3.63) is 60.2 Å². The summed E-state index contributed by atoms with van der Waals surface area (Å²) in [4.78, 5) is 13.0. The van der Waals surface area contributed by atoms with Gasteiger partial charge in [0.1, 0.15) is 11.7 Å². The van der Waals surface area contributed by atoms with Crippen LogP contribution in [-0.2, 0) is 6.18 Å².